The molecule has 2 amide bonds. The van der Waals surface area contributed by atoms with Crippen LogP contribution in [0.15, 0.2) is 84.9 Å². The first-order valence-electron chi connectivity index (χ1n) is 10.7. The van der Waals surface area contributed by atoms with Crippen LogP contribution in [0.3, 0.4) is 0 Å². The molecule has 0 spiro atoms. The van der Waals surface area contributed by atoms with Gasteiger partial charge < -0.3 is 14.6 Å². The number of phenolic OH excluding ortho intramolecular Hbond substituents is 1. The summed E-state index contributed by atoms with van der Waals surface area (Å²) in [5.74, 6) is -0.675. The predicted octanol–water partition coefficient (Wildman–Crippen LogP) is 5.00. The van der Waals surface area contributed by atoms with Crippen LogP contribution in [-0.2, 0) is 9.53 Å². The van der Waals surface area contributed by atoms with E-state index in [0.717, 1.165) is 9.65 Å². The largest absolute Gasteiger partial charge is 0.508 e. The van der Waals surface area contributed by atoms with Crippen LogP contribution in [0, 0.1) is 3.57 Å². The van der Waals surface area contributed by atoms with E-state index in [9.17, 15) is 19.5 Å². The standard InChI is InChI=1S/C26H23IN2O7/c1-16(30)17-7-10-19(11-8-17)28-26(33)36-25(21-15-18(27)9-12-22(21)31)23(13-14-24(32)29-34)35-20-5-3-2-4-6-20/h2-15,23,25,31,34H,1H3,(H,28,33)(H,29,32)/b14-13+/t23-,25-/m1/s1. The van der Waals surface area contributed by atoms with E-state index in [1.807, 2.05) is 0 Å². The number of ether oxygens (including phenoxy) is 2. The number of carbonyl (C=O) groups excluding carboxylic acids is 3. The summed E-state index contributed by atoms with van der Waals surface area (Å²) in [6.07, 6.45) is -0.834. The number of carbonyl (C=O) groups is 3. The Morgan fingerprint density at radius 3 is 2.33 bits per heavy atom. The normalized spacial score (nSPS) is 12.4. The van der Waals surface area contributed by atoms with Crippen molar-refractivity contribution in [1.29, 1.82) is 0 Å². The van der Waals surface area contributed by atoms with Crippen LogP contribution in [0.5, 0.6) is 11.5 Å². The van der Waals surface area contributed by atoms with E-state index in [1.165, 1.54) is 24.5 Å². The molecule has 3 aromatic rings. The molecule has 4 N–H and O–H groups in total. The molecule has 0 radical (unpaired) electrons. The van der Waals surface area contributed by atoms with Crippen molar-refractivity contribution in [3.05, 3.63) is 99.6 Å². The quantitative estimate of drug-likeness (QED) is 0.0891. The van der Waals surface area contributed by atoms with Crippen LogP contribution in [0.4, 0.5) is 10.5 Å². The lowest BCUT2D eigenvalue weighted by Gasteiger charge is -2.27. The van der Waals surface area contributed by atoms with Crippen molar-refractivity contribution < 1.29 is 34.2 Å². The van der Waals surface area contributed by atoms with Crippen LogP contribution < -0.4 is 15.5 Å². The van der Waals surface area contributed by atoms with Gasteiger partial charge in [-0.05, 0) is 90.2 Å². The van der Waals surface area contributed by atoms with Crippen molar-refractivity contribution in [3.63, 3.8) is 0 Å². The highest BCUT2D eigenvalue weighted by Gasteiger charge is 2.30. The number of benzene rings is 3. The Kier molecular flexibility index (Phi) is 9.42. The number of ketones is 1. The van der Waals surface area contributed by atoms with Crippen molar-refractivity contribution in [2.24, 2.45) is 0 Å². The number of halogens is 1. The molecule has 0 saturated heterocycles. The molecule has 9 nitrogen and oxygen atoms in total. The first-order valence-corrected chi connectivity index (χ1v) is 11.8. The summed E-state index contributed by atoms with van der Waals surface area (Å²) in [6, 6.07) is 19.6. The van der Waals surface area contributed by atoms with Gasteiger partial charge in [0.25, 0.3) is 5.91 Å². The van der Waals surface area contributed by atoms with E-state index in [-0.39, 0.29) is 17.1 Å². The number of Topliss-reactive ketones (excluding diaryl/α,β-unsaturated/α-hetero) is 1. The molecular formula is C26H23IN2O7. The van der Waals surface area contributed by atoms with Gasteiger partial charge in [0.1, 0.15) is 11.5 Å². The van der Waals surface area contributed by atoms with Crippen LogP contribution in [-0.4, -0.2) is 34.2 Å². The van der Waals surface area contributed by atoms with Crippen molar-refractivity contribution in [3.8, 4) is 11.5 Å². The number of nitrogens with one attached hydrogen (secondary N) is 2. The Morgan fingerprint density at radius 1 is 1.00 bits per heavy atom. The highest BCUT2D eigenvalue weighted by molar-refractivity contribution is 14.1. The average molecular weight is 602 g/mol. The second-order valence-corrected chi connectivity index (χ2v) is 8.76. The summed E-state index contributed by atoms with van der Waals surface area (Å²) >= 11 is 2.05. The Bertz CT molecular complexity index is 1250. The van der Waals surface area contributed by atoms with Gasteiger partial charge in [-0.15, -0.1) is 0 Å². The molecule has 3 rings (SSSR count). The monoisotopic (exact) mass is 602 g/mol. The van der Waals surface area contributed by atoms with Crippen LogP contribution in [0.25, 0.3) is 0 Å². The summed E-state index contributed by atoms with van der Waals surface area (Å²) in [7, 11) is 0. The van der Waals surface area contributed by atoms with Gasteiger partial charge in [0.2, 0.25) is 0 Å². The van der Waals surface area contributed by atoms with Crippen molar-refractivity contribution in [2.45, 2.75) is 19.1 Å². The zero-order chi connectivity index (χ0) is 26.1. The maximum Gasteiger partial charge on any atom is 0.412 e. The van der Waals surface area contributed by atoms with Crippen molar-refractivity contribution in [1.82, 2.24) is 5.48 Å². The van der Waals surface area contributed by atoms with E-state index in [2.05, 4.69) is 27.9 Å². The molecule has 3 aromatic carbocycles. The third-order valence-electron chi connectivity index (χ3n) is 4.93. The number of hydrogen-bond donors (Lipinski definition) is 4. The number of phenols is 1. The molecular weight excluding hydrogens is 579 g/mol. The van der Waals surface area contributed by atoms with E-state index in [4.69, 9.17) is 14.7 Å². The van der Waals surface area contributed by atoms with Crippen molar-refractivity contribution in [2.75, 3.05) is 5.32 Å². The lowest BCUT2D eigenvalue weighted by atomic mass is 10.0. The van der Waals surface area contributed by atoms with E-state index in [1.54, 1.807) is 66.7 Å². The number of para-hydroxylation sites is 1. The zero-order valence-electron chi connectivity index (χ0n) is 19.1. The summed E-state index contributed by atoms with van der Waals surface area (Å²) in [5, 5.41) is 22.1. The molecule has 0 heterocycles. The summed E-state index contributed by atoms with van der Waals surface area (Å²) in [4.78, 5) is 36.1. The Morgan fingerprint density at radius 2 is 1.69 bits per heavy atom. The zero-order valence-corrected chi connectivity index (χ0v) is 21.2. The minimum absolute atomic E-state index is 0.113. The van der Waals surface area contributed by atoms with Crippen LogP contribution in [0.1, 0.15) is 28.9 Å². The van der Waals surface area contributed by atoms with Gasteiger partial charge in [-0.1, -0.05) is 18.2 Å². The van der Waals surface area contributed by atoms with Crippen molar-refractivity contribution >= 4 is 46.1 Å². The molecule has 36 heavy (non-hydrogen) atoms. The molecule has 0 unspecified atom stereocenters. The molecule has 0 aromatic heterocycles. The van der Waals surface area contributed by atoms with Gasteiger partial charge in [0.15, 0.2) is 18.0 Å². The number of amides is 2. The van der Waals surface area contributed by atoms with Crippen LogP contribution in [0.2, 0.25) is 0 Å². The maximum absolute atomic E-state index is 12.9. The summed E-state index contributed by atoms with van der Waals surface area (Å²) in [5.41, 5.74) is 2.59. The molecule has 0 fully saturated rings. The first-order chi connectivity index (χ1) is 17.3. The Balaban J connectivity index is 1.95. The van der Waals surface area contributed by atoms with Gasteiger partial charge >= 0.3 is 6.09 Å². The molecule has 0 bridgehead atoms. The number of rotatable bonds is 9. The Labute approximate surface area is 220 Å². The smallest absolute Gasteiger partial charge is 0.412 e. The number of aromatic hydroxyl groups is 1. The molecule has 0 aliphatic rings. The summed E-state index contributed by atoms with van der Waals surface area (Å²) in [6.45, 7) is 1.44. The lowest BCUT2D eigenvalue weighted by molar-refractivity contribution is -0.124. The molecule has 0 aliphatic carbocycles. The fraction of sp³-hybridized carbons (Fsp3) is 0.115. The van der Waals surface area contributed by atoms with Gasteiger partial charge in [0.05, 0.1) is 0 Å². The second-order valence-electron chi connectivity index (χ2n) is 7.52. The first kappa shape index (κ1) is 26.7. The van der Waals surface area contributed by atoms with E-state index >= 15 is 0 Å². The lowest BCUT2D eigenvalue weighted by Crippen LogP contribution is -2.30. The topological polar surface area (TPSA) is 134 Å². The Hall–Kier alpha value is -3.90. The highest BCUT2D eigenvalue weighted by Crippen LogP contribution is 2.34. The second kappa shape index (κ2) is 12.7. The molecule has 0 saturated carbocycles. The third kappa shape index (κ3) is 7.55. The predicted molar refractivity (Wildman–Crippen MR) is 140 cm³/mol. The van der Waals surface area contributed by atoms with E-state index in [0.29, 0.717) is 17.0 Å². The van der Waals surface area contributed by atoms with Gasteiger partial charge in [0, 0.05) is 26.5 Å². The minimum Gasteiger partial charge on any atom is -0.508 e. The number of anilines is 1. The number of hydroxylamine groups is 1. The van der Waals surface area contributed by atoms with Gasteiger partial charge in [-0.3, -0.25) is 20.1 Å². The fourth-order valence-corrected chi connectivity index (χ4v) is 3.70. The van der Waals surface area contributed by atoms with Gasteiger partial charge in [-0.2, -0.15) is 0 Å². The molecule has 2 atom stereocenters. The number of hydrogen-bond acceptors (Lipinski definition) is 7. The molecule has 186 valence electrons. The third-order valence-corrected chi connectivity index (χ3v) is 5.60. The maximum atomic E-state index is 12.9. The highest BCUT2D eigenvalue weighted by atomic mass is 127. The minimum atomic E-state index is -1.21. The summed E-state index contributed by atoms with van der Waals surface area (Å²) < 4.78 is 12.5. The van der Waals surface area contributed by atoms with Crippen LogP contribution >= 0.6 is 22.6 Å². The molecule has 0 aliphatic heterocycles. The SMILES string of the molecule is CC(=O)c1ccc(NC(=O)O[C@H](c2cc(I)ccc2O)[C@@H](/C=C/C(=O)NO)Oc2ccccc2)cc1. The van der Waals surface area contributed by atoms with E-state index < -0.39 is 24.2 Å². The average Bonchev–Trinajstić information content (AvgIpc) is 2.87. The van der Waals surface area contributed by atoms with Gasteiger partial charge in [-0.25, -0.2) is 10.3 Å². The molecule has 10 heteroatoms. The fourth-order valence-electron chi connectivity index (χ4n) is 3.19.